The van der Waals surface area contributed by atoms with Gasteiger partial charge in [0.2, 0.25) is 6.29 Å². The van der Waals surface area contributed by atoms with Crippen LogP contribution in [0.3, 0.4) is 0 Å². The number of benzene rings is 1. The summed E-state index contributed by atoms with van der Waals surface area (Å²) in [7, 11) is 2.90. The Kier molecular flexibility index (Phi) is 5.64. The van der Waals surface area contributed by atoms with Gasteiger partial charge in [-0.15, -0.1) is 0 Å². The number of hydrogen-bond acceptors (Lipinski definition) is 5. The maximum atomic E-state index is 12.3. The fourth-order valence-electron chi connectivity index (χ4n) is 3.44. The Balaban J connectivity index is 1.70. The van der Waals surface area contributed by atoms with Crippen LogP contribution in [0.2, 0.25) is 5.02 Å². The second-order valence-electron chi connectivity index (χ2n) is 6.14. The number of amides is 1. The molecule has 1 heterocycles. The van der Waals surface area contributed by atoms with E-state index in [2.05, 4.69) is 5.32 Å². The lowest BCUT2D eigenvalue weighted by molar-refractivity contribution is -0.146. The van der Waals surface area contributed by atoms with Crippen LogP contribution in [0.15, 0.2) is 47.7 Å². The molecule has 0 radical (unpaired) electrons. The van der Waals surface area contributed by atoms with E-state index in [0.717, 1.165) is 5.57 Å². The topological polar surface area (TPSA) is 73.9 Å². The van der Waals surface area contributed by atoms with Crippen LogP contribution in [-0.4, -0.2) is 38.9 Å². The van der Waals surface area contributed by atoms with Gasteiger partial charge < -0.3 is 19.5 Å². The zero-order chi connectivity index (χ0) is 18.7. The number of nitrogens with one attached hydrogen (secondary N) is 1. The van der Waals surface area contributed by atoms with E-state index in [1.165, 1.54) is 13.4 Å². The Morgan fingerprint density at radius 3 is 2.85 bits per heavy atom. The van der Waals surface area contributed by atoms with Crippen LogP contribution < -0.4 is 5.32 Å². The molecule has 6 nitrogen and oxygen atoms in total. The smallest absolute Gasteiger partial charge is 0.337 e. The van der Waals surface area contributed by atoms with Crippen molar-refractivity contribution in [3.8, 4) is 0 Å². The fourth-order valence-corrected chi connectivity index (χ4v) is 3.63. The summed E-state index contributed by atoms with van der Waals surface area (Å²) in [5, 5.41) is 3.40. The van der Waals surface area contributed by atoms with E-state index < -0.39 is 12.3 Å². The standard InChI is InChI=1S/C19H20ClNO5/c1-24-18(23)15-10-26-19(25-2)16-12(6-7-14(15)16)9-21-17(22)11-4-3-5-13(20)8-11/h3-6,8,10,14,16,19H,7,9H2,1-2H3,(H,21,22)/t14-,16-,19-/m1/s1. The Labute approximate surface area is 156 Å². The van der Waals surface area contributed by atoms with Gasteiger partial charge in [-0.1, -0.05) is 23.7 Å². The van der Waals surface area contributed by atoms with E-state index in [0.29, 0.717) is 29.1 Å². The van der Waals surface area contributed by atoms with E-state index in [-0.39, 0.29) is 17.7 Å². The van der Waals surface area contributed by atoms with Crippen molar-refractivity contribution in [1.82, 2.24) is 5.32 Å². The first-order chi connectivity index (χ1) is 12.5. The van der Waals surface area contributed by atoms with Crippen LogP contribution in [0.5, 0.6) is 0 Å². The van der Waals surface area contributed by atoms with Crippen molar-refractivity contribution in [2.45, 2.75) is 12.7 Å². The number of carbonyl (C=O) groups is 2. The molecule has 1 aliphatic heterocycles. The molecule has 138 valence electrons. The molecule has 26 heavy (non-hydrogen) atoms. The number of carbonyl (C=O) groups excluding carboxylic acids is 2. The minimum Gasteiger partial charge on any atom is -0.471 e. The molecule has 0 spiro atoms. The van der Waals surface area contributed by atoms with Crippen molar-refractivity contribution in [2.75, 3.05) is 20.8 Å². The first-order valence-electron chi connectivity index (χ1n) is 8.24. The van der Waals surface area contributed by atoms with Gasteiger partial charge in [0.1, 0.15) is 0 Å². The summed E-state index contributed by atoms with van der Waals surface area (Å²) in [5.74, 6) is -0.864. The molecule has 0 bridgehead atoms. The largest absolute Gasteiger partial charge is 0.471 e. The number of ether oxygens (including phenoxy) is 3. The van der Waals surface area contributed by atoms with Crippen LogP contribution >= 0.6 is 11.6 Å². The van der Waals surface area contributed by atoms with Gasteiger partial charge in [-0.3, -0.25) is 4.79 Å². The molecular weight excluding hydrogens is 358 g/mol. The third kappa shape index (κ3) is 3.61. The summed E-state index contributed by atoms with van der Waals surface area (Å²) in [6, 6.07) is 6.76. The highest BCUT2D eigenvalue weighted by molar-refractivity contribution is 6.30. The molecular formula is C19H20ClNO5. The molecule has 0 aromatic heterocycles. The summed E-state index contributed by atoms with van der Waals surface area (Å²) in [6.45, 7) is 0.337. The number of halogens is 1. The Bertz CT molecular complexity index is 773. The summed E-state index contributed by atoms with van der Waals surface area (Å²) >= 11 is 5.93. The van der Waals surface area contributed by atoms with Crippen molar-refractivity contribution in [1.29, 1.82) is 0 Å². The van der Waals surface area contributed by atoms with Gasteiger partial charge in [-0.2, -0.15) is 0 Å². The van der Waals surface area contributed by atoms with E-state index in [9.17, 15) is 9.59 Å². The lowest BCUT2D eigenvalue weighted by atomic mass is 9.83. The molecule has 0 unspecified atom stereocenters. The fraction of sp³-hybridized carbons (Fsp3) is 0.368. The molecule has 0 saturated carbocycles. The van der Waals surface area contributed by atoms with Crippen molar-refractivity contribution >= 4 is 23.5 Å². The number of hydrogen-bond donors (Lipinski definition) is 1. The molecule has 7 heteroatoms. The highest BCUT2D eigenvalue weighted by atomic mass is 35.5. The quantitative estimate of drug-likeness (QED) is 0.631. The second kappa shape index (κ2) is 7.93. The first kappa shape index (κ1) is 18.5. The highest BCUT2D eigenvalue weighted by Gasteiger charge is 2.44. The minimum atomic E-state index is -0.509. The normalized spacial score (nSPS) is 24.0. The van der Waals surface area contributed by atoms with Crippen LogP contribution in [0.4, 0.5) is 0 Å². The van der Waals surface area contributed by atoms with Gasteiger partial charge in [-0.05, 0) is 30.2 Å². The van der Waals surface area contributed by atoms with Gasteiger partial charge in [-0.25, -0.2) is 4.79 Å². The van der Waals surface area contributed by atoms with Gasteiger partial charge in [0.15, 0.2) is 0 Å². The van der Waals surface area contributed by atoms with Crippen LogP contribution in [-0.2, 0) is 19.0 Å². The lowest BCUT2D eigenvalue weighted by Gasteiger charge is -2.34. The van der Waals surface area contributed by atoms with Gasteiger partial charge in [0.05, 0.1) is 24.9 Å². The van der Waals surface area contributed by atoms with Crippen molar-refractivity contribution in [3.63, 3.8) is 0 Å². The second-order valence-corrected chi connectivity index (χ2v) is 6.58. The lowest BCUT2D eigenvalue weighted by Crippen LogP contribution is -2.38. The number of rotatable bonds is 5. The van der Waals surface area contributed by atoms with E-state index >= 15 is 0 Å². The Morgan fingerprint density at radius 1 is 1.35 bits per heavy atom. The maximum absolute atomic E-state index is 12.3. The molecule has 1 aliphatic carbocycles. The third-order valence-corrected chi connectivity index (χ3v) is 4.95. The molecule has 1 aromatic carbocycles. The summed E-state index contributed by atoms with van der Waals surface area (Å²) in [5.41, 5.74) is 1.94. The van der Waals surface area contributed by atoms with Crippen LogP contribution in [0.25, 0.3) is 0 Å². The van der Waals surface area contributed by atoms with Crippen molar-refractivity contribution in [2.24, 2.45) is 11.8 Å². The first-order valence-corrected chi connectivity index (χ1v) is 8.62. The number of fused-ring (bicyclic) bond motifs is 1. The molecule has 0 saturated heterocycles. The predicted octanol–water partition coefficient (Wildman–Crippen LogP) is 2.69. The zero-order valence-electron chi connectivity index (χ0n) is 14.5. The average Bonchev–Trinajstić information content (AvgIpc) is 3.09. The van der Waals surface area contributed by atoms with E-state index in [1.807, 2.05) is 6.08 Å². The van der Waals surface area contributed by atoms with Gasteiger partial charge in [0, 0.05) is 30.2 Å². The molecule has 1 amide bonds. The SMILES string of the molecule is COC(=O)C1=CO[C@@H](OC)[C@@H]2C(CNC(=O)c3cccc(Cl)c3)=CC[C@H]12. The van der Waals surface area contributed by atoms with Gasteiger partial charge >= 0.3 is 5.97 Å². The molecule has 2 aliphatic rings. The summed E-state index contributed by atoms with van der Waals surface area (Å²) in [6.07, 6.45) is 3.59. The molecule has 3 rings (SSSR count). The Morgan fingerprint density at radius 2 is 2.15 bits per heavy atom. The molecule has 3 atom stereocenters. The highest BCUT2D eigenvalue weighted by Crippen LogP contribution is 2.43. The number of esters is 1. The monoisotopic (exact) mass is 377 g/mol. The number of allylic oxidation sites excluding steroid dienone is 1. The third-order valence-electron chi connectivity index (χ3n) is 4.71. The molecule has 1 aromatic rings. The van der Waals surface area contributed by atoms with Crippen molar-refractivity contribution in [3.05, 3.63) is 58.3 Å². The van der Waals surface area contributed by atoms with Crippen LogP contribution in [0, 0.1) is 11.8 Å². The minimum absolute atomic E-state index is 0.0841. The maximum Gasteiger partial charge on any atom is 0.337 e. The van der Waals surface area contributed by atoms with Gasteiger partial charge in [0.25, 0.3) is 5.91 Å². The number of methoxy groups -OCH3 is 2. The predicted molar refractivity (Wildman–Crippen MR) is 95.4 cm³/mol. The van der Waals surface area contributed by atoms with Crippen LogP contribution in [0.1, 0.15) is 16.8 Å². The molecule has 1 N–H and O–H groups in total. The van der Waals surface area contributed by atoms with E-state index in [1.54, 1.807) is 31.4 Å². The van der Waals surface area contributed by atoms with E-state index in [4.69, 9.17) is 25.8 Å². The molecule has 0 fully saturated rings. The Hall–Kier alpha value is -2.31. The van der Waals surface area contributed by atoms with Crippen molar-refractivity contribution < 1.29 is 23.8 Å². The zero-order valence-corrected chi connectivity index (χ0v) is 15.3. The summed E-state index contributed by atoms with van der Waals surface area (Å²) in [4.78, 5) is 24.3. The summed E-state index contributed by atoms with van der Waals surface area (Å²) < 4.78 is 15.8. The average molecular weight is 378 g/mol.